The summed E-state index contributed by atoms with van der Waals surface area (Å²) in [4.78, 5) is 21.7. The maximum absolute atomic E-state index is 11.1. The number of carboxylic acids is 1. The molecule has 0 amide bonds. The number of thioether (sulfide) groups is 1. The summed E-state index contributed by atoms with van der Waals surface area (Å²) in [5, 5.41) is 28.0. The van der Waals surface area contributed by atoms with Gasteiger partial charge in [0.1, 0.15) is 16.9 Å². The third kappa shape index (κ3) is 3.69. The third-order valence-corrected chi connectivity index (χ3v) is 3.92. The Balaban J connectivity index is 3.10. The highest BCUT2D eigenvalue weighted by molar-refractivity contribution is 8.00. The molecule has 0 heterocycles. The highest BCUT2D eigenvalue weighted by Gasteiger charge is 2.24. The van der Waals surface area contributed by atoms with E-state index in [4.69, 9.17) is 10.4 Å². The van der Waals surface area contributed by atoms with Crippen molar-refractivity contribution >= 4 is 23.4 Å². The van der Waals surface area contributed by atoms with Crippen LogP contribution in [0, 0.1) is 27.4 Å². The molecule has 0 spiro atoms. The zero-order valence-electron chi connectivity index (χ0n) is 10.4. The monoisotopic (exact) mass is 280 g/mol. The molecule has 100 valence electrons. The fraction of sp³-hybridized carbons (Fsp3) is 0.333. The maximum atomic E-state index is 11.1. The summed E-state index contributed by atoms with van der Waals surface area (Å²) in [6.07, 6.45) is 0. The Morgan fingerprint density at radius 1 is 1.53 bits per heavy atom. The molecule has 0 aliphatic carbocycles. The number of rotatable bonds is 5. The second kappa shape index (κ2) is 6.20. The van der Waals surface area contributed by atoms with Crippen molar-refractivity contribution in [1.82, 2.24) is 0 Å². The number of nitrogens with zero attached hydrogens (tertiary/aromatic N) is 2. The van der Waals surface area contributed by atoms with Crippen molar-refractivity contribution in [2.75, 3.05) is 0 Å². The first-order valence-electron chi connectivity index (χ1n) is 5.44. The quantitative estimate of drug-likeness (QED) is 0.505. The highest BCUT2D eigenvalue weighted by Crippen LogP contribution is 2.32. The van der Waals surface area contributed by atoms with E-state index in [9.17, 15) is 14.9 Å². The van der Waals surface area contributed by atoms with Gasteiger partial charge in [0.15, 0.2) is 0 Å². The molecule has 1 atom stereocenters. The topological polar surface area (TPSA) is 104 Å². The van der Waals surface area contributed by atoms with Crippen LogP contribution in [0.3, 0.4) is 0 Å². The van der Waals surface area contributed by atoms with Crippen LogP contribution in [0.4, 0.5) is 5.69 Å². The van der Waals surface area contributed by atoms with Gasteiger partial charge in [-0.15, -0.1) is 11.8 Å². The normalized spacial score (nSPS) is 11.9. The van der Waals surface area contributed by atoms with Crippen LogP contribution in [-0.4, -0.2) is 21.2 Å². The number of nitro groups is 1. The van der Waals surface area contributed by atoms with Crippen LogP contribution < -0.4 is 0 Å². The van der Waals surface area contributed by atoms with Crippen molar-refractivity contribution in [3.8, 4) is 6.07 Å². The van der Waals surface area contributed by atoms with Gasteiger partial charge in [0.2, 0.25) is 0 Å². The number of aliphatic carboxylic acids is 1. The zero-order valence-corrected chi connectivity index (χ0v) is 11.2. The zero-order chi connectivity index (χ0) is 14.6. The molecule has 0 saturated heterocycles. The minimum Gasteiger partial charge on any atom is -0.480 e. The smallest absolute Gasteiger partial charge is 0.317 e. The van der Waals surface area contributed by atoms with Gasteiger partial charge in [-0.3, -0.25) is 14.9 Å². The van der Waals surface area contributed by atoms with Crippen LogP contribution in [-0.2, 0) is 4.79 Å². The van der Waals surface area contributed by atoms with E-state index >= 15 is 0 Å². The first-order valence-corrected chi connectivity index (χ1v) is 6.32. The lowest BCUT2D eigenvalue weighted by Crippen LogP contribution is -2.22. The molecule has 0 bridgehead atoms. The molecule has 0 fully saturated rings. The average molecular weight is 280 g/mol. The summed E-state index contributed by atoms with van der Waals surface area (Å²) >= 11 is 1.04. The molecule has 1 unspecified atom stereocenters. The lowest BCUT2D eigenvalue weighted by molar-refractivity contribution is -0.385. The van der Waals surface area contributed by atoms with Gasteiger partial charge in [-0.25, -0.2) is 0 Å². The third-order valence-electron chi connectivity index (χ3n) is 2.40. The number of hydrogen-bond acceptors (Lipinski definition) is 5. The molecule has 1 rings (SSSR count). The van der Waals surface area contributed by atoms with E-state index in [1.54, 1.807) is 19.9 Å². The molecule has 1 aromatic carbocycles. The van der Waals surface area contributed by atoms with E-state index in [2.05, 4.69) is 0 Å². The lowest BCUT2D eigenvalue weighted by atomic mass is 10.1. The molecule has 0 aliphatic heterocycles. The summed E-state index contributed by atoms with van der Waals surface area (Å²) in [7, 11) is 0. The number of benzene rings is 1. The Hall–Kier alpha value is -2.07. The van der Waals surface area contributed by atoms with Gasteiger partial charge in [-0.05, 0) is 18.1 Å². The van der Waals surface area contributed by atoms with Gasteiger partial charge in [-0.1, -0.05) is 13.8 Å². The van der Waals surface area contributed by atoms with E-state index in [-0.39, 0.29) is 17.2 Å². The maximum Gasteiger partial charge on any atom is 0.317 e. The number of nitro benzene ring substituents is 1. The van der Waals surface area contributed by atoms with Crippen molar-refractivity contribution in [2.24, 2.45) is 5.92 Å². The standard InChI is InChI=1S/C12H12N2O4S/c1-7(2)11(12(15)16)19-9-4-3-8(6-13)10(5-9)14(17)18/h3-5,7,11H,1-2H3,(H,15,16). The second-order valence-corrected chi connectivity index (χ2v) is 5.38. The van der Waals surface area contributed by atoms with Crippen molar-refractivity contribution in [1.29, 1.82) is 5.26 Å². The number of hydrogen-bond donors (Lipinski definition) is 1. The van der Waals surface area contributed by atoms with Crippen LogP contribution in [0.15, 0.2) is 23.1 Å². The molecule has 0 aromatic heterocycles. The van der Waals surface area contributed by atoms with Crippen molar-refractivity contribution in [3.05, 3.63) is 33.9 Å². The van der Waals surface area contributed by atoms with Gasteiger partial charge in [0, 0.05) is 11.0 Å². The van der Waals surface area contributed by atoms with E-state index < -0.39 is 16.1 Å². The SMILES string of the molecule is CC(C)C(Sc1ccc(C#N)c([N+](=O)[O-])c1)C(=O)O. The van der Waals surface area contributed by atoms with Gasteiger partial charge in [-0.2, -0.15) is 5.26 Å². The van der Waals surface area contributed by atoms with E-state index in [1.165, 1.54) is 18.2 Å². The molecule has 1 N–H and O–H groups in total. The molecule has 1 aromatic rings. The van der Waals surface area contributed by atoms with E-state index in [0.29, 0.717) is 4.90 Å². The second-order valence-electron chi connectivity index (χ2n) is 4.17. The average Bonchev–Trinajstić information content (AvgIpc) is 2.34. The molecule has 0 radical (unpaired) electrons. The first kappa shape index (κ1) is 15.0. The molecule has 6 nitrogen and oxygen atoms in total. The predicted octanol–water partition coefficient (Wildman–Crippen LogP) is 2.67. The first-order chi connectivity index (χ1) is 8.86. The summed E-state index contributed by atoms with van der Waals surface area (Å²) in [5.74, 6) is -1.08. The molecule has 0 aliphatic rings. The van der Waals surface area contributed by atoms with Crippen molar-refractivity contribution in [2.45, 2.75) is 24.0 Å². The van der Waals surface area contributed by atoms with Crippen LogP contribution >= 0.6 is 11.8 Å². The Morgan fingerprint density at radius 2 is 2.16 bits per heavy atom. The number of nitriles is 1. The summed E-state index contributed by atoms with van der Waals surface area (Å²) in [6, 6.07) is 5.83. The Labute approximate surface area is 114 Å². The summed E-state index contributed by atoms with van der Waals surface area (Å²) in [5.41, 5.74) is -0.342. The lowest BCUT2D eigenvalue weighted by Gasteiger charge is -2.15. The molecular formula is C12H12N2O4S. The number of carboxylic acid groups (broad SMARTS) is 1. The largest absolute Gasteiger partial charge is 0.480 e. The molecule has 7 heteroatoms. The Bertz CT molecular complexity index is 551. The predicted molar refractivity (Wildman–Crippen MR) is 69.9 cm³/mol. The Morgan fingerprint density at radius 3 is 2.58 bits per heavy atom. The van der Waals surface area contributed by atoms with Gasteiger partial charge >= 0.3 is 5.97 Å². The van der Waals surface area contributed by atoms with Crippen LogP contribution in [0.25, 0.3) is 0 Å². The van der Waals surface area contributed by atoms with Crippen LogP contribution in [0.1, 0.15) is 19.4 Å². The van der Waals surface area contributed by atoms with Crippen LogP contribution in [0.2, 0.25) is 0 Å². The van der Waals surface area contributed by atoms with Crippen molar-refractivity contribution in [3.63, 3.8) is 0 Å². The van der Waals surface area contributed by atoms with Crippen molar-refractivity contribution < 1.29 is 14.8 Å². The van der Waals surface area contributed by atoms with Gasteiger partial charge in [0.05, 0.1) is 4.92 Å². The van der Waals surface area contributed by atoms with E-state index in [0.717, 1.165) is 11.8 Å². The molecular weight excluding hydrogens is 268 g/mol. The number of carbonyl (C=O) groups is 1. The van der Waals surface area contributed by atoms with E-state index in [1.807, 2.05) is 0 Å². The minimum atomic E-state index is -0.966. The summed E-state index contributed by atoms with van der Waals surface area (Å²) in [6.45, 7) is 3.54. The van der Waals surface area contributed by atoms with Gasteiger partial charge < -0.3 is 5.11 Å². The Kier molecular flexibility index (Phi) is 4.89. The fourth-order valence-corrected chi connectivity index (χ4v) is 2.44. The fourth-order valence-electron chi connectivity index (χ4n) is 1.45. The minimum absolute atomic E-state index is 0.0363. The molecule has 0 saturated carbocycles. The summed E-state index contributed by atoms with van der Waals surface area (Å²) < 4.78 is 0. The molecule has 19 heavy (non-hydrogen) atoms. The van der Waals surface area contributed by atoms with Crippen LogP contribution in [0.5, 0.6) is 0 Å². The highest BCUT2D eigenvalue weighted by atomic mass is 32.2. The van der Waals surface area contributed by atoms with Gasteiger partial charge in [0.25, 0.3) is 5.69 Å².